The third-order valence-corrected chi connectivity index (χ3v) is 0.483. The fraction of sp³-hybridized carbons (Fsp3) is 0.200. The molecule has 0 saturated heterocycles. The van der Waals surface area contributed by atoms with Crippen LogP contribution in [0.4, 0.5) is 0 Å². The van der Waals surface area contributed by atoms with Crippen molar-refractivity contribution >= 4 is 23.2 Å². The first-order valence-electron chi connectivity index (χ1n) is 2.25. The first-order chi connectivity index (χ1) is 4.41. The Balaban J connectivity index is 0.000000187. The van der Waals surface area contributed by atoms with Crippen LogP contribution in [0.2, 0.25) is 0 Å². The molecule has 0 aliphatic heterocycles. The van der Waals surface area contributed by atoms with Crippen molar-refractivity contribution in [1.82, 2.24) is 10.2 Å². The van der Waals surface area contributed by atoms with Crippen LogP contribution in [0.3, 0.4) is 0 Å². The zero-order valence-electron chi connectivity index (χ0n) is 4.67. The van der Waals surface area contributed by atoms with Gasteiger partial charge in [-0.3, -0.25) is 0 Å². The van der Waals surface area contributed by atoms with Gasteiger partial charge in [-0.2, -0.15) is 10.2 Å². The summed E-state index contributed by atoms with van der Waals surface area (Å²) in [6.45, 7) is 0. The Hall–Kier alpha value is -0.340. The van der Waals surface area contributed by atoms with Gasteiger partial charge in [-0.15, -0.1) is 23.2 Å². The zero-order chi connectivity index (χ0) is 6.95. The standard InChI is InChI=1S/C4H4N2.CH2Cl2/c1-2-4-6-5-3-1;2-1-3/h1-4H;1H2. The molecule has 1 heterocycles. The summed E-state index contributed by atoms with van der Waals surface area (Å²) < 4.78 is 0. The summed E-state index contributed by atoms with van der Waals surface area (Å²) >= 11 is 9.53. The molecule has 0 fully saturated rings. The van der Waals surface area contributed by atoms with Gasteiger partial charge in [0, 0.05) is 12.4 Å². The van der Waals surface area contributed by atoms with E-state index in [1.807, 2.05) is 12.1 Å². The number of rotatable bonds is 0. The second-order valence-corrected chi connectivity index (χ2v) is 1.82. The van der Waals surface area contributed by atoms with Crippen LogP contribution in [0, 0.1) is 0 Å². The second-order valence-electron chi connectivity index (χ2n) is 1.01. The van der Waals surface area contributed by atoms with Crippen LogP contribution in [-0.2, 0) is 0 Å². The molecule has 4 heteroatoms. The van der Waals surface area contributed by atoms with Gasteiger partial charge in [0.2, 0.25) is 0 Å². The van der Waals surface area contributed by atoms with E-state index in [1.54, 1.807) is 12.4 Å². The lowest BCUT2D eigenvalue weighted by Crippen LogP contribution is -1.69. The average molecular weight is 165 g/mol. The molecule has 0 radical (unpaired) electrons. The minimum Gasteiger partial charge on any atom is -0.159 e. The molecule has 0 aliphatic carbocycles. The Morgan fingerprint density at radius 2 is 1.33 bits per heavy atom. The zero-order valence-corrected chi connectivity index (χ0v) is 6.18. The summed E-state index contributed by atoms with van der Waals surface area (Å²) in [5, 5.41) is 7.26. The van der Waals surface area contributed by atoms with E-state index in [1.165, 1.54) is 0 Å². The van der Waals surface area contributed by atoms with Crippen LogP contribution < -0.4 is 0 Å². The number of hydrogen-bond donors (Lipinski definition) is 0. The van der Waals surface area contributed by atoms with E-state index in [9.17, 15) is 0 Å². The van der Waals surface area contributed by atoms with Gasteiger partial charge in [-0.1, -0.05) is 0 Å². The van der Waals surface area contributed by atoms with E-state index in [0.29, 0.717) is 0 Å². The van der Waals surface area contributed by atoms with E-state index in [4.69, 9.17) is 23.2 Å². The van der Waals surface area contributed by atoms with Crippen molar-refractivity contribution in [3.05, 3.63) is 24.5 Å². The first kappa shape index (κ1) is 8.66. The molecule has 0 amide bonds. The highest BCUT2D eigenvalue weighted by atomic mass is 35.5. The van der Waals surface area contributed by atoms with E-state index in [2.05, 4.69) is 10.2 Å². The van der Waals surface area contributed by atoms with Gasteiger partial charge in [0.25, 0.3) is 0 Å². The van der Waals surface area contributed by atoms with Crippen molar-refractivity contribution in [3.8, 4) is 0 Å². The SMILES string of the molecule is ClCCl.c1ccnnc1. The molecule has 2 nitrogen and oxygen atoms in total. The second kappa shape index (κ2) is 7.66. The molecule has 0 unspecified atom stereocenters. The summed E-state index contributed by atoms with van der Waals surface area (Å²) in [4.78, 5) is 0. The maximum atomic E-state index is 4.76. The molecule has 0 bridgehead atoms. The molecule has 1 aromatic heterocycles. The van der Waals surface area contributed by atoms with Crippen molar-refractivity contribution in [3.63, 3.8) is 0 Å². The summed E-state index contributed by atoms with van der Waals surface area (Å²) in [5.74, 6) is 0. The fourth-order valence-electron chi connectivity index (χ4n) is 0.253. The highest BCUT2D eigenvalue weighted by Crippen LogP contribution is 1.73. The average Bonchev–Trinajstić information content (AvgIpc) is 1.93. The number of hydrogen-bond acceptors (Lipinski definition) is 2. The Labute approximate surface area is 63.8 Å². The molecule has 0 N–H and O–H groups in total. The van der Waals surface area contributed by atoms with Gasteiger partial charge in [-0.05, 0) is 12.1 Å². The van der Waals surface area contributed by atoms with E-state index < -0.39 is 0 Å². The van der Waals surface area contributed by atoms with Gasteiger partial charge >= 0.3 is 0 Å². The third-order valence-electron chi connectivity index (χ3n) is 0.483. The summed E-state index contributed by atoms with van der Waals surface area (Å²) in [6, 6.07) is 3.65. The first-order valence-corrected chi connectivity index (χ1v) is 3.32. The maximum Gasteiger partial charge on any atom is 0.0967 e. The highest BCUT2D eigenvalue weighted by molar-refractivity contribution is 6.40. The Bertz CT molecular complexity index is 95.8. The number of aromatic nitrogens is 2. The van der Waals surface area contributed by atoms with Gasteiger partial charge in [0.05, 0.1) is 5.34 Å². The van der Waals surface area contributed by atoms with Crippen molar-refractivity contribution in [2.24, 2.45) is 0 Å². The number of halogens is 2. The highest BCUT2D eigenvalue weighted by Gasteiger charge is 1.59. The normalized spacial score (nSPS) is 7.33. The van der Waals surface area contributed by atoms with Crippen LogP contribution in [0.25, 0.3) is 0 Å². The summed E-state index contributed by atoms with van der Waals surface area (Å²) in [7, 11) is 0. The topological polar surface area (TPSA) is 25.8 Å². The van der Waals surface area contributed by atoms with Gasteiger partial charge in [-0.25, -0.2) is 0 Å². The molecule has 1 rings (SSSR count). The summed E-state index contributed by atoms with van der Waals surface area (Å²) in [5.41, 5.74) is 0. The largest absolute Gasteiger partial charge is 0.159 e. The predicted molar refractivity (Wildman–Crippen MR) is 38.6 cm³/mol. The van der Waals surface area contributed by atoms with Gasteiger partial charge in [0.15, 0.2) is 0 Å². The third kappa shape index (κ3) is 7.66. The minimum atomic E-state index is 0.194. The minimum absolute atomic E-state index is 0.194. The summed E-state index contributed by atoms with van der Waals surface area (Å²) in [6.07, 6.45) is 3.28. The molecule has 50 valence electrons. The molecule has 9 heavy (non-hydrogen) atoms. The van der Waals surface area contributed by atoms with E-state index in [-0.39, 0.29) is 5.34 Å². The van der Waals surface area contributed by atoms with E-state index >= 15 is 0 Å². The van der Waals surface area contributed by atoms with Crippen molar-refractivity contribution in [2.45, 2.75) is 0 Å². The molecule has 0 saturated carbocycles. The number of nitrogens with zero attached hydrogens (tertiary/aromatic N) is 2. The number of alkyl halides is 2. The van der Waals surface area contributed by atoms with E-state index in [0.717, 1.165) is 0 Å². The fourth-order valence-corrected chi connectivity index (χ4v) is 0.253. The van der Waals surface area contributed by atoms with Crippen molar-refractivity contribution in [2.75, 3.05) is 5.34 Å². The van der Waals surface area contributed by atoms with Crippen LogP contribution >= 0.6 is 23.2 Å². The Morgan fingerprint density at radius 3 is 1.44 bits per heavy atom. The Kier molecular flexibility index (Phi) is 7.37. The van der Waals surface area contributed by atoms with Crippen LogP contribution in [0.1, 0.15) is 0 Å². The maximum absolute atomic E-state index is 4.76. The smallest absolute Gasteiger partial charge is 0.0967 e. The van der Waals surface area contributed by atoms with Crippen LogP contribution in [0.5, 0.6) is 0 Å². The molecule has 0 atom stereocenters. The molecule has 0 aromatic carbocycles. The van der Waals surface area contributed by atoms with Gasteiger partial charge in [0.1, 0.15) is 0 Å². The lowest BCUT2D eigenvalue weighted by Gasteiger charge is -1.69. The van der Waals surface area contributed by atoms with Crippen molar-refractivity contribution < 1.29 is 0 Å². The quantitative estimate of drug-likeness (QED) is 0.548. The lowest BCUT2D eigenvalue weighted by atomic mass is 10.6. The molecule has 0 aliphatic rings. The van der Waals surface area contributed by atoms with Crippen LogP contribution in [0.15, 0.2) is 24.5 Å². The lowest BCUT2D eigenvalue weighted by molar-refractivity contribution is 1.03. The van der Waals surface area contributed by atoms with Gasteiger partial charge < -0.3 is 0 Å². The molecular formula is C5H6Cl2N2. The predicted octanol–water partition coefficient (Wildman–Crippen LogP) is 1.90. The monoisotopic (exact) mass is 164 g/mol. The molecular weight excluding hydrogens is 159 g/mol. The molecule has 0 spiro atoms. The van der Waals surface area contributed by atoms with Crippen LogP contribution in [-0.4, -0.2) is 15.5 Å². The molecule has 1 aromatic rings. The van der Waals surface area contributed by atoms with Crippen molar-refractivity contribution in [1.29, 1.82) is 0 Å². The Morgan fingerprint density at radius 1 is 1.00 bits per heavy atom.